The van der Waals surface area contributed by atoms with Gasteiger partial charge in [0.1, 0.15) is 42.9 Å². The number of carbonyl (C=O) groups is 3. The average molecular weight is 1910 g/mol. The summed E-state index contributed by atoms with van der Waals surface area (Å²) in [7, 11) is 2.63. The first-order valence-corrected chi connectivity index (χ1v) is 37.9. The van der Waals surface area contributed by atoms with Crippen LogP contribution in [0.4, 0.5) is 0 Å². The monoisotopic (exact) mass is 1910 g/mol. The van der Waals surface area contributed by atoms with Crippen LogP contribution in [0.5, 0.6) is 17.6 Å². The molecule has 0 unspecified atom stereocenters. The maximum absolute atomic E-state index is 11.6. The zero-order chi connectivity index (χ0) is 87.2. The maximum Gasteiger partial charge on any atom is 1.00 e. The first-order valence-electron chi connectivity index (χ1n) is 37.5. The molecule has 0 bridgehead atoms. The number of nitrogens with zero attached hydrogens (tertiary/aromatic N) is 24. The second-order valence-corrected chi connectivity index (χ2v) is 27.0. The number of hydrogen-bond donors (Lipinski definition) is 3. The van der Waals surface area contributed by atoms with E-state index in [0.29, 0.717) is 154 Å². The normalized spacial score (nSPS) is 10.3. The number of fused-ring (bicyclic) bond motifs is 12. The molecule has 44 heteroatoms. The Labute approximate surface area is 809 Å². The standard InChI is InChI=1S/C21H16N6O4.C20H14N6O4.C20H13N6O3.C13H8ClN5O.C8H9NO3.C2H6O.5CH4.Na.H2O.Y/c1-12-9-17(26-31-12)19-24-23-18-15-5-3-4-6-16(15)20(25-27(18)19)30-11-14-8-7-13(10-22-14)21(28)29-2;1-11-8-16(25-30-11)18-23-22-17-14-4-2-3-5-15(14)19(24-26(17)18)29-10-13-7-6-12(9-21-13)20(27)28;1-12-8-17(25-29-12)19-23-22-18-15-4-2-3-5-16(15)20(24-26(18)19)28-11-14-7-6-13(10-27)9-21-14;1-7-6-10(18-20-7)13-16-15-12-9-5-3-2-4-8(9)11(14)17-19(12)13;1-12-8(11)6-2-3-7(5-10)9-4-6;1-2-3;;;;;;;;/h3-10H,11H2,1-2H3;2-9H,10H2,1H3,(H,27,28);2-9H,11H2,1H3;2-6H,1H3;2-4,10H,5H2,1H3;3H,2H2,1H3;5*1H4;;1H2;/q;;-1;;;;;;;;;+1;;/p-1. The molecule has 41 nitrogen and oxygen atoms in total. The predicted molar refractivity (Wildman–Crippen MR) is 478 cm³/mol. The van der Waals surface area contributed by atoms with Crippen LogP contribution in [0, 0.1) is 27.7 Å². The molecule has 1 radical (unpaired) electrons. The zero-order valence-corrected chi connectivity index (χ0v) is 74.4. The Morgan fingerprint density at radius 3 is 0.940 bits per heavy atom. The number of hydrogen-bond acceptors (Lipinski definition) is 36. The van der Waals surface area contributed by atoms with Gasteiger partial charge in [-0.2, -0.15) is 29.2 Å². The van der Waals surface area contributed by atoms with Crippen molar-refractivity contribution in [2.24, 2.45) is 0 Å². The van der Waals surface area contributed by atoms with E-state index in [0.717, 1.165) is 43.1 Å². The van der Waals surface area contributed by atoms with Gasteiger partial charge in [0.05, 0.1) is 66.6 Å². The SMILES string of the molecule is C.C.C.C.C.CCO.COC(=O)c1ccc(CO)nc1.COC(=O)c1ccc(COc2nn3c(-c4cc(C)on4)nnc3c3ccccc23)nc1.Cc1cc(-c2nnc3c4ccccc4c(Cl)nn23)no1.Cc1cc(-c2nnc3c4ccccc4c(OCc4ccc(C(=O)O)cn4)nn23)no1.Cc1cc(-c2nnc3c4ccccc4c(OCc4ccc([C-]=O)cn4)nn23)no1.[Na+].[OH-].[Y]. The third-order valence-electron chi connectivity index (χ3n) is 18.1. The zero-order valence-electron chi connectivity index (χ0n) is 68.8. The molecule has 0 amide bonds. The van der Waals surface area contributed by atoms with E-state index in [1.54, 1.807) is 119 Å². The minimum atomic E-state index is -1.03. The Morgan fingerprint density at radius 2 is 0.677 bits per heavy atom. The molecule has 0 saturated heterocycles. The molecule has 4 N–H and O–H groups in total. The minimum Gasteiger partial charge on any atom is -0.870 e. The molecule has 133 heavy (non-hydrogen) atoms. The molecular weight excluding hydrogens is 1820 g/mol. The van der Waals surface area contributed by atoms with Gasteiger partial charge in [-0.1, -0.05) is 160 Å². The van der Waals surface area contributed by atoms with Gasteiger partial charge in [0, 0.05) is 125 Å². The molecule has 0 atom stereocenters. The van der Waals surface area contributed by atoms with Crippen molar-refractivity contribution in [1.29, 1.82) is 0 Å². The molecular formula is C89H87ClN24NaO17Y-. The summed E-state index contributed by atoms with van der Waals surface area (Å²) in [5.74, 6) is 3.77. The smallest absolute Gasteiger partial charge is 0.870 e. The summed E-state index contributed by atoms with van der Waals surface area (Å²) in [5, 5.41) is 100. The number of rotatable bonds is 18. The molecule has 16 aromatic heterocycles. The second kappa shape index (κ2) is 48.3. The number of esters is 2. The van der Waals surface area contributed by atoms with Crippen molar-refractivity contribution in [2.45, 2.75) is 98.2 Å². The van der Waals surface area contributed by atoms with E-state index in [2.05, 4.69) is 111 Å². The second-order valence-electron chi connectivity index (χ2n) is 26.6. The van der Waals surface area contributed by atoms with Gasteiger partial charge in [-0.25, -0.2) is 14.4 Å². The van der Waals surface area contributed by atoms with Gasteiger partial charge in [0.2, 0.25) is 40.9 Å². The van der Waals surface area contributed by atoms with Gasteiger partial charge in [0.15, 0.2) is 50.5 Å². The van der Waals surface area contributed by atoms with Crippen LogP contribution in [0.2, 0.25) is 5.15 Å². The van der Waals surface area contributed by atoms with E-state index in [4.69, 9.17) is 59.2 Å². The molecule has 0 spiro atoms. The van der Waals surface area contributed by atoms with Gasteiger partial charge in [0.25, 0.3) is 0 Å². The third-order valence-corrected chi connectivity index (χ3v) is 18.4. The number of carboxylic acid groups (broad SMARTS) is 1. The van der Waals surface area contributed by atoms with E-state index in [1.807, 2.05) is 104 Å². The van der Waals surface area contributed by atoms with Gasteiger partial charge in [-0.3, -0.25) is 15.0 Å². The number of aliphatic hydroxyl groups excluding tert-OH is 2. The topological polar surface area (TPSA) is 533 Å². The number of carbonyl (C=O) groups excluding carboxylic acids is 3. The van der Waals surface area contributed by atoms with Crippen molar-refractivity contribution in [3.05, 3.63) is 268 Å². The third kappa shape index (κ3) is 23.7. The average Bonchev–Trinajstić information content (AvgIpc) is 1.64. The summed E-state index contributed by atoms with van der Waals surface area (Å²) < 4.78 is 53.9. The summed E-state index contributed by atoms with van der Waals surface area (Å²) in [4.78, 5) is 60.5. The molecule has 0 aliphatic heterocycles. The van der Waals surface area contributed by atoms with Gasteiger partial charge in [-0.15, -0.1) is 61.6 Å². The van der Waals surface area contributed by atoms with Crippen LogP contribution in [0.3, 0.4) is 0 Å². The van der Waals surface area contributed by atoms with Crippen molar-refractivity contribution in [1.82, 2.24) is 120 Å². The van der Waals surface area contributed by atoms with E-state index < -0.39 is 17.9 Å². The van der Waals surface area contributed by atoms with Gasteiger partial charge in [-0.05, 0) is 89.2 Å². The van der Waals surface area contributed by atoms with Crippen LogP contribution < -0.4 is 43.8 Å². The first kappa shape index (κ1) is 105. The fourth-order valence-corrected chi connectivity index (χ4v) is 12.4. The Kier molecular flexibility index (Phi) is 38.2. The molecule has 0 fully saturated rings. The molecule has 0 saturated carbocycles. The van der Waals surface area contributed by atoms with Crippen LogP contribution >= 0.6 is 11.6 Å². The van der Waals surface area contributed by atoms with Crippen molar-refractivity contribution >= 4 is 101 Å². The number of aryl methyl sites for hydroxylation is 4. The van der Waals surface area contributed by atoms with Crippen LogP contribution in [0.15, 0.2) is 213 Å². The van der Waals surface area contributed by atoms with Crippen LogP contribution in [-0.2, 0) is 73.4 Å². The number of benzene rings is 4. The Morgan fingerprint density at radius 1 is 0.398 bits per heavy atom. The molecule has 16 heterocycles. The van der Waals surface area contributed by atoms with Crippen molar-refractivity contribution in [2.75, 3.05) is 20.8 Å². The Bertz CT molecular complexity index is 7300. The summed E-state index contributed by atoms with van der Waals surface area (Å²) in [6, 6.07) is 50.5. The van der Waals surface area contributed by atoms with Gasteiger partial charge < -0.3 is 72.4 Å². The summed E-state index contributed by atoms with van der Waals surface area (Å²) in [5.41, 5.74) is 8.17. The van der Waals surface area contributed by atoms with E-state index in [1.165, 1.54) is 45.1 Å². The Hall–Kier alpha value is -14.7. The quantitative estimate of drug-likeness (QED) is 0.0408. The van der Waals surface area contributed by atoms with Crippen LogP contribution in [0.25, 0.3) is 112 Å². The molecule has 20 aromatic rings. The van der Waals surface area contributed by atoms with E-state index >= 15 is 0 Å². The summed E-state index contributed by atoms with van der Waals surface area (Å²) in [6.07, 6.45) is 7.36. The maximum atomic E-state index is 11.6. The van der Waals surface area contributed by atoms with Crippen molar-refractivity contribution < 1.29 is 144 Å². The molecule has 4 aromatic carbocycles. The fraction of sp³-hybridized carbons (Fsp3) is 0.191. The van der Waals surface area contributed by atoms with Crippen molar-refractivity contribution in [3.63, 3.8) is 0 Å². The number of methoxy groups -OCH3 is 2. The first-order chi connectivity index (χ1) is 60.9. The van der Waals surface area contributed by atoms with Crippen LogP contribution in [0.1, 0.15) is 127 Å². The fourth-order valence-electron chi connectivity index (χ4n) is 12.2. The van der Waals surface area contributed by atoms with Gasteiger partial charge >= 0.3 is 47.5 Å². The number of ether oxygens (including phenoxy) is 5. The van der Waals surface area contributed by atoms with Crippen LogP contribution in [-0.4, -0.2) is 186 Å². The van der Waals surface area contributed by atoms with Crippen molar-refractivity contribution in [3.8, 4) is 63.7 Å². The number of halogens is 1. The predicted octanol–water partition coefficient (Wildman–Crippen LogP) is 11.8. The molecule has 0 aliphatic rings. The summed E-state index contributed by atoms with van der Waals surface area (Å²) >= 11 is 6.23. The number of aliphatic hydroxyl groups is 2. The Balaban J connectivity index is 0.000000227. The number of aromatic nitrogens is 24. The van der Waals surface area contributed by atoms with E-state index in [9.17, 15) is 19.2 Å². The molecule has 20 rings (SSSR count). The molecule has 0 aliphatic carbocycles. The number of carboxylic acids is 1. The molecule has 677 valence electrons. The van der Waals surface area contributed by atoms with E-state index in [-0.39, 0.29) is 143 Å². The minimum absolute atomic E-state index is 0. The summed E-state index contributed by atoms with van der Waals surface area (Å²) in [6.45, 7) is 9.47. The largest absolute Gasteiger partial charge is 1.00 e. The number of aromatic carboxylic acids is 1. The number of pyridine rings is 4.